The second-order valence-corrected chi connectivity index (χ2v) is 3.20. The highest BCUT2D eigenvalue weighted by Gasteiger charge is 2.25. The molecular formula is C10H15N2. The van der Waals surface area contributed by atoms with Gasteiger partial charge in [-0.2, -0.15) is 0 Å². The molecule has 12 heavy (non-hydrogen) atoms. The van der Waals surface area contributed by atoms with Crippen molar-refractivity contribution in [2.45, 2.75) is 18.5 Å². The standard InChI is InChI=1S/C10H15N2/c1-8(11)10(2,12)9-6-4-3-5-7-9/h3-8H,2,11-12H2,1H3/t8?,10-/m1/s1. The molecule has 1 unspecified atom stereocenters. The third kappa shape index (κ3) is 1.65. The zero-order valence-corrected chi connectivity index (χ0v) is 7.33. The summed E-state index contributed by atoms with van der Waals surface area (Å²) in [6.07, 6.45) is 0. The van der Waals surface area contributed by atoms with Gasteiger partial charge in [-0.3, -0.25) is 0 Å². The molecule has 2 atom stereocenters. The SMILES string of the molecule is [CH2][C@](N)(c1ccccc1)C(C)N. The first-order valence-corrected chi connectivity index (χ1v) is 4.00. The molecule has 0 aromatic heterocycles. The average molecular weight is 163 g/mol. The lowest BCUT2D eigenvalue weighted by molar-refractivity contribution is 0.458. The molecule has 0 amide bonds. The van der Waals surface area contributed by atoms with Crippen molar-refractivity contribution >= 4 is 0 Å². The van der Waals surface area contributed by atoms with Crippen LogP contribution in [-0.4, -0.2) is 6.04 Å². The lowest BCUT2D eigenvalue weighted by Crippen LogP contribution is -2.48. The van der Waals surface area contributed by atoms with E-state index in [1.807, 2.05) is 37.3 Å². The summed E-state index contributed by atoms with van der Waals surface area (Å²) in [4.78, 5) is 0. The predicted octanol–water partition coefficient (Wildman–Crippen LogP) is 1.02. The second-order valence-electron chi connectivity index (χ2n) is 3.20. The molecule has 0 aliphatic carbocycles. The number of hydrogen-bond acceptors (Lipinski definition) is 2. The van der Waals surface area contributed by atoms with E-state index >= 15 is 0 Å². The summed E-state index contributed by atoms with van der Waals surface area (Å²) in [5, 5.41) is 0. The molecule has 2 heteroatoms. The monoisotopic (exact) mass is 163 g/mol. The first-order valence-electron chi connectivity index (χ1n) is 4.00. The smallest absolute Gasteiger partial charge is 0.0561 e. The molecule has 0 aliphatic heterocycles. The molecule has 0 heterocycles. The van der Waals surface area contributed by atoms with Crippen LogP contribution < -0.4 is 11.5 Å². The van der Waals surface area contributed by atoms with Crippen molar-refractivity contribution in [2.24, 2.45) is 11.5 Å². The average Bonchev–Trinajstić information content (AvgIpc) is 2.06. The fourth-order valence-electron chi connectivity index (χ4n) is 1.01. The van der Waals surface area contributed by atoms with Gasteiger partial charge < -0.3 is 11.5 Å². The minimum Gasteiger partial charge on any atom is -0.326 e. The topological polar surface area (TPSA) is 52.0 Å². The van der Waals surface area contributed by atoms with Crippen LogP contribution in [0.25, 0.3) is 0 Å². The van der Waals surface area contributed by atoms with E-state index in [1.165, 1.54) is 0 Å². The minimum atomic E-state index is -0.679. The van der Waals surface area contributed by atoms with Crippen molar-refractivity contribution in [1.82, 2.24) is 0 Å². The van der Waals surface area contributed by atoms with E-state index in [4.69, 9.17) is 11.5 Å². The molecule has 1 aromatic carbocycles. The van der Waals surface area contributed by atoms with E-state index < -0.39 is 5.54 Å². The van der Waals surface area contributed by atoms with Crippen LogP contribution in [-0.2, 0) is 5.54 Å². The Morgan fingerprint density at radius 1 is 1.33 bits per heavy atom. The number of rotatable bonds is 2. The van der Waals surface area contributed by atoms with Crippen LogP contribution in [0, 0.1) is 6.92 Å². The van der Waals surface area contributed by atoms with Crippen LogP contribution in [0.2, 0.25) is 0 Å². The lowest BCUT2D eigenvalue weighted by atomic mass is 9.87. The summed E-state index contributed by atoms with van der Waals surface area (Å²) < 4.78 is 0. The maximum atomic E-state index is 5.94. The molecule has 0 bridgehead atoms. The summed E-state index contributed by atoms with van der Waals surface area (Å²) in [6.45, 7) is 5.75. The Morgan fingerprint density at radius 3 is 2.25 bits per heavy atom. The molecule has 1 aromatic rings. The molecule has 4 N–H and O–H groups in total. The highest BCUT2D eigenvalue weighted by molar-refractivity contribution is 5.26. The Bertz CT molecular complexity index is 239. The molecule has 1 rings (SSSR count). The first kappa shape index (κ1) is 9.23. The van der Waals surface area contributed by atoms with E-state index in [2.05, 4.69) is 6.92 Å². The maximum absolute atomic E-state index is 5.94. The summed E-state index contributed by atoms with van der Waals surface area (Å²) >= 11 is 0. The highest BCUT2D eigenvalue weighted by Crippen LogP contribution is 2.18. The molecule has 2 nitrogen and oxygen atoms in total. The Morgan fingerprint density at radius 2 is 1.83 bits per heavy atom. The molecular weight excluding hydrogens is 148 g/mol. The number of benzene rings is 1. The van der Waals surface area contributed by atoms with E-state index in [1.54, 1.807) is 0 Å². The van der Waals surface area contributed by atoms with Gasteiger partial charge in [0, 0.05) is 6.04 Å². The fourth-order valence-corrected chi connectivity index (χ4v) is 1.01. The van der Waals surface area contributed by atoms with Gasteiger partial charge in [-0.25, -0.2) is 0 Å². The quantitative estimate of drug-likeness (QED) is 0.684. The van der Waals surface area contributed by atoms with Crippen molar-refractivity contribution in [3.05, 3.63) is 42.8 Å². The normalized spacial score (nSPS) is 18.3. The van der Waals surface area contributed by atoms with E-state index in [0.717, 1.165) is 5.56 Å². The summed E-state index contributed by atoms with van der Waals surface area (Å²) in [6, 6.07) is 9.54. The zero-order chi connectivity index (χ0) is 9.19. The Kier molecular flexibility index (Phi) is 2.50. The van der Waals surface area contributed by atoms with Crippen LogP contribution in [0.15, 0.2) is 30.3 Å². The molecule has 0 saturated carbocycles. The van der Waals surface area contributed by atoms with Gasteiger partial charge in [0.1, 0.15) is 0 Å². The molecule has 0 aliphatic rings. The van der Waals surface area contributed by atoms with Gasteiger partial charge in [0.15, 0.2) is 0 Å². The third-order valence-corrected chi connectivity index (χ3v) is 2.12. The van der Waals surface area contributed by atoms with Crippen LogP contribution in [0.3, 0.4) is 0 Å². The summed E-state index contributed by atoms with van der Waals surface area (Å²) in [5.41, 5.74) is 12.0. The van der Waals surface area contributed by atoms with Crippen molar-refractivity contribution in [2.75, 3.05) is 0 Å². The Balaban J connectivity index is 2.98. The minimum absolute atomic E-state index is 0.153. The van der Waals surface area contributed by atoms with Crippen molar-refractivity contribution in [3.63, 3.8) is 0 Å². The largest absolute Gasteiger partial charge is 0.326 e. The number of hydrogen-bond donors (Lipinski definition) is 2. The molecule has 0 saturated heterocycles. The van der Waals surface area contributed by atoms with Gasteiger partial charge in [-0.1, -0.05) is 30.3 Å². The van der Waals surface area contributed by atoms with Gasteiger partial charge in [0.25, 0.3) is 0 Å². The van der Waals surface area contributed by atoms with E-state index in [9.17, 15) is 0 Å². The van der Waals surface area contributed by atoms with Gasteiger partial charge in [0.05, 0.1) is 5.54 Å². The van der Waals surface area contributed by atoms with Gasteiger partial charge >= 0.3 is 0 Å². The van der Waals surface area contributed by atoms with Gasteiger partial charge in [-0.15, -0.1) is 0 Å². The van der Waals surface area contributed by atoms with Crippen LogP contribution in [0.4, 0.5) is 0 Å². The van der Waals surface area contributed by atoms with Gasteiger partial charge in [0.2, 0.25) is 0 Å². The van der Waals surface area contributed by atoms with Crippen molar-refractivity contribution in [3.8, 4) is 0 Å². The first-order chi connectivity index (χ1) is 5.55. The Hall–Kier alpha value is -0.860. The highest BCUT2D eigenvalue weighted by atomic mass is 14.8. The number of nitrogens with two attached hydrogens (primary N) is 2. The maximum Gasteiger partial charge on any atom is 0.0561 e. The summed E-state index contributed by atoms with van der Waals surface area (Å²) in [7, 11) is 0. The molecule has 1 radical (unpaired) electrons. The molecule has 65 valence electrons. The third-order valence-electron chi connectivity index (χ3n) is 2.12. The van der Waals surface area contributed by atoms with Crippen molar-refractivity contribution < 1.29 is 0 Å². The Labute approximate surface area is 73.6 Å². The fraction of sp³-hybridized carbons (Fsp3) is 0.300. The zero-order valence-electron chi connectivity index (χ0n) is 7.33. The van der Waals surface area contributed by atoms with Crippen LogP contribution in [0.5, 0.6) is 0 Å². The lowest BCUT2D eigenvalue weighted by Gasteiger charge is -2.29. The van der Waals surface area contributed by atoms with Crippen LogP contribution in [0.1, 0.15) is 12.5 Å². The van der Waals surface area contributed by atoms with E-state index in [-0.39, 0.29) is 6.04 Å². The predicted molar refractivity (Wildman–Crippen MR) is 51.3 cm³/mol. The van der Waals surface area contributed by atoms with Gasteiger partial charge in [-0.05, 0) is 19.4 Å². The van der Waals surface area contributed by atoms with E-state index in [0.29, 0.717) is 0 Å². The second kappa shape index (κ2) is 3.25. The molecule has 0 fully saturated rings. The molecule has 0 spiro atoms. The van der Waals surface area contributed by atoms with Crippen LogP contribution >= 0.6 is 0 Å². The van der Waals surface area contributed by atoms with Crippen molar-refractivity contribution in [1.29, 1.82) is 0 Å². The summed E-state index contributed by atoms with van der Waals surface area (Å²) in [5.74, 6) is 0.